The van der Waals surface area contributed by atoms with Crippen molar-refractivity contribution in [1.82, 2.24) is 0 Å². The van der Waals surface area contributed by atoms with Crippen molar-refractivity contribution in [1.29, 1.82) is 0 Å². The molecule has 0 nitrogen and oxygen atoms in total. The lowest BCUT2D eigenvalue weighted by molar-refractivity contribution is 0.154. The quantitative estimate of drug-likeness (QED) is 0.371. The van der Waals surface area contributed by atoms with Gasteiger partial charge in [-0.1, -0.05) is 59.0 Å². The van der Waals surface area contributed by atoms with E-state index in [1.54, 1.807) is 0 Å². The molecule has 0 aromatic rings. The summed E-state index contributed by atoms with van der Waals surface area (Å²) in [5.74, 6) is 4.05. The smallest absolute Gasteiger partial charge is 0.0135 e. The summed E-state index contributed by atoms with van der Waals surface area (Å²) >= 11 is 5.34. The van der Waals surface area contributed by atoms with Crippen LogP contribution in [0, 0.1) is 23.7 Å². The number of rotatable bonds is 1. The summed E-state index contributed by atoms with van der Waals surface area (Å²) < 4.78 is 1.90. The highest BCUT2D eigenvalue weighted by Crippen LogP contribution is 2.44. The highest BCUT2D eigenvalue weighted by atomic mass is 127. The van der Waals surface area contributed by atoms with Crippen LogP contribution in [-0.4, -0.2) is 7.85 Å². The molecule has 2 aliphatic rings. The zero-order valence-electron chi connectivity index (χ0n) is 10.5. The van der Waals surface area contributed by atoms with Crippen molar-refractivity contribution >= 4 is 45.2 Å². The Morgan fingerprint density at radius 3 is 1.38 bits per heavy atom. The van der Waals surface area contributed by atoms with Gasteiger partial charge < -0.3 is 0 Å². The van der Waals surface area contributed by atoms with E-state index in [-0.39, 0.29) is 0 Å². The van der Waals surface area contributed by atoms with Crippen LogP contribution in [-0.2, 0) is 0 Å². The van der Waals surface area contributed by atoms with Gasteiger partial charge >= 0.3 is 0 Å². The van der Waals surface area contributed by atoms with Crippen LogP contribution in [0.25, 0.3) is 0 Å². The maximum atomic E-state index is 2.67. The fourth-order valence-electron chi connectivity index (χ4n) is 3.66. The van der Waals surface area contributed by atoms with Crippen LogP contribution in [0.1, 0.15) is 52.4 Å². The standard InChI is InChI=1S/C14H24I2/c1-9-7-11(3-5-13(9)15)12-4-6-14(16)10(2)8-12/h9-14H,3-8H2,1-2H3. The van der Waals surface area contributed by atoms with Gasteiger partial charge in [-0.25, -0.2) is 0 Å². The highest BCUT2D eigenvalue weighted by Gasteiger charge is 2.34. The number of hydrogen-bond acceptors (Lipinski definition) is 0. The van der Waals surface area contributed by atoms with E-state index in [0.29, 0.717) is 0 Å². The minimum atomic E-state index is 0.951. The van der Waals surface area contributed by atoms with E-state index in [1.807, 2.05) is 0 Å². The molecule has 0 aromatic carbocycles. The molecule has 0 radical (unpaired) electrons. The largest absolute Gasteiger partial charge is 0.0823 e. The Morgan fingerprint density at radius 1 is 0.688 bits per heavy atom. The van der Waals surface area contributed by atoms with Crippen molar-refractivity contribution < 1.29 is 0 Å². The zero-order valence-corrected chi connectivity index (χ0v) is 14.8. The Bertz CT molecular complexity index is 205. The maximum Gasteiger partial charge on any atom is 0.0135 e. The van der Waals surface area contributed by atoms with Gasteiger partial charge in [-0.2, -0.15) is 0 Å². The molecule has 0 aliphatic heterocycles. The molecule has 2 fully saturated rings. The van der Waals surface area contributed by atoms with Crippen LogP contribution in [0.4, 0.5) is 0 Å². The summed E-state index contributed by atoms with van der Waals surface area (Å²) in [7, 11) is 0. The van der Waals surface area contributed by atoms with Crippen molar-refractivity contribution in [2.45, 2.75) is 60.2 Å². The van der Waals surface area contributed by atoms with Crippen LogP contribution >= 0.6 is 45.2 Å². The molecule has 2 saturated carbocycles. The van der Waals surface area contributed by atoms with Gasteiger partial charge in [-0.15, -0.1) is 0 Å². The van der Waals surface area contributed by atoms with Gasteiger partial charge in [0.15, 0.2) is 0 Å². The normalized spacial score (nSPS) is 50.2. The predicted octanol–water partition coefficient (Wildman–Crippen LogP) is 5.47. The fraction of sp³-hybridized carbons (Fsp3) is 1.00. The zero-order chi connectivity index (χ0) is 11.7. The lowest BCUT2D eigenvalue weighted by Crippen LogP contribution is -2.32. The third-order valence-corrected chi connectivity index (χ3v) is 8.58. The van der Waals surface area contributed by atoms with Crippen molar-refractivity contribution in [3.8, 4) is 0 Å². The van der Waals surface area contributed by atoms with Crippen molar-refractivity contribution in [2.75, 3.05) is 0 Å². The molecule has 0 bridgehead atoms. The van der Waals surface area contributed by atoms with E-state index >= 15 is 0 Å². The monoisotopic (exact) mass is 446 g/mol. The lowest BCUT2D eigenvalue weighted by atomic mass is 9.69. The second-order valence-electron chi connectivity index (χ2n) is 6.13. The summed E-state index contributed by atoms with van der Waals surface area (Å²) in [6, 6.07) is 0. The maximum absolute atomic E-state index is 2.67. The van der Waals surface area contributed by atoms with E-state index in [0.717, 1.165) is 31.5 Å². The molecule has 0 spiro atoms. The molecule has 16 heavy (non-hydrogen) atoms. The molecule has 2 rings (SSSR count). The molecule has 0 N–H and O–H groups in total. The van der Waals surface area contributed by atoms with Crippen LogP contribution in [0.15, 0.2) is 0 Å². The van der Waals surface area contributed by atoms with E-state index in [2.05, 4.69) is 59.0 Å². The van der Waals surface area contributed by atoms with Crippen molar-refractivity contribution in [2.24, 2.45) is 23.7 Å². The van der Waals surface area contributed by atoms with E-state index in [9.17, 15) is 0 Å². The second kappa shape index (κ2) is 6.07. The number of alkyl halides is 2. The molecular formula is C14H24I2. The molecular weight excluding hydrogens is 422 g/mol. The average molecular weight is 446 g/mol. The third-order valence-electron chi connectivity index (χ3n) is 4.88. The Kier molecular flexibility index (Phi) is 5.27. The first-order chi connectivity index (χ1) is 7.58. The molecule has 94 valence electrons. The van der Waals surface area contributed by atoms with Crippen LogP contribution < -0.4 is 0 Å². The lowest BCUT2D eigenvalue weighted by Gasteiger charge is -2.40. The minimum Gasteiger partial charge on any atom is -0.0823 e. The van der Waals surface area contributed by atoms with E-state index < -0.39 is 0 Å². The summed E-state index contributed by atoms with van der Waals surface area (Å²) in [5, 5.41) is 0. The Balaban J connectivity index is 1.88. The molecule has 2 heteroatoms. The second-order valence-corrected chi connectivity index (χ2v) is 9.33. The first kappa shape index (κ1) is 13.9. The molecule has 0 amide bonds. The van der Waals surface area contributed by atoms with Gasteiger partial charge in [-0.05, 0) is 62.2 Å². The predicted molar refractivity (Wildman–Crippen MR) is 88.6 cm³/mol. The van der Waals surface area contributed by atoms with Gasteiger partial charge in [0.2, 0.25) is 0 Å². The molecule has 0 saturated heterocycles. The minimum absolute atomic E-state index is 0.951. The van der Waals surface area contributed by atoms with Gasteiger partial charge in [0.25, 0.3) is 0 Å². The fourth-order valence-corrected chi connectivity index (χ4v) is 4.96. The molecule has 0 heterocycles. The summed E-state index contributed by atoms with van der Waals surface area (Å²) in [6.45, 7) is 4.94. The Morgan fingerprint density at radius 2 is 1.06 bits per heavy atom. The van der Waals surface area contributed by atoms with Gasteiger partial charge in [-0.3, -0.25) is 0 Å². The summed E-state index contributed by atoms with van der Waals surface area (Å²) in [5.41, 5.74) is 0. The molecule has 0 aromatic heterocycles. The van der Waals surface area contributed by atoms with Crippen LogP contribution in [0.2, 0.25) is 0 Å². The van der Waals surface area contributed by atoms with Crippen molar-refractivity contribution in [3.63, 3.8) is 0 Å². The Hall–Kier alpha value is 1.46. The Labute approximate surface area is 128 Å². The molecule has 6 unspecified atom stereocenters. The summed E-state index contributed by atoms with van der Waals surface area (Å²) in [6.07, 6.45) is 9.01. The highest BCUT2D eigenvalue weighted by molar-refractivity contribution is 14.1. The topological polar surface area (TPSA) is 0 Å². The van der Waals surface area contributed by atoms with E-state index in [4.69, 9.17) is 0 Å². The SMILES string of the molecule is CC1CC(C2CCC(I)C(C)C2)CCC1I. The number of hydrogen-bond donors (Lipinski definition) is 0. The van der Waals surface area contributed by atoms with Crippen molar-refractivity contribution in [3.05, 3.63) is 0 Å². The molecule has 6 atom stereocenters. The van der Waals surface area contributed by atoms with E-state index in [1.165, 1.54) is 38.5 Å². The number of halogens is 2. The molecule has 2 aliphatic carbocycles. The first-order valence-corrected chi connectivity index (χ1v) is 9.35. The van der Waals surface area contributed by atoms with Crippen LogP contribution in [0.5, 0.6) is 0 Å². The summed E-state index contributed by atoms with van der Waals surface area (Å²) in [4.78, 5) is 0. The van der Waals surface area contributed by atoms with Gasteiger partial charge in [0.1, 0.15) is 0 Å². The van der Waals surface area contributed by atoms with Gasteiger partial charge in [0.05, 0.1) is 0 Å². The van der Waals surface area contributed by atoms with Crippen LogP contribution in [0.3, 0.4) is 0 Å². The third kappa shape index (κ3) is 3.27. The average Bonchev–Trinajstić information content (AvgIpc) is 2.26. The first-order valence-electron chi connectivity index (χ1n) is 6.86. The van der Waals surface area contributed by atoms with Gasteiger partial charge in [0, 0.05) is 7.85 Å².